The zero-order chi connectivity index (χ0) is 12.3. The lowest BCUT2D eigenvalue weighted by molar-refractivity contribution is 0.593. The molecule has 4 heteroatoms. The third-order valence-electron chi connectivity index (χ3n) is 2.71. The first-order valence-corrected chi connectivity index (χ1v) is 7.04. The highest BCUT2D eigenvalue weighted by molar-refractivity contribution is 7.07. The Morgan fingerprint density at radius 1 is 1.29 bits per heavy atom. The van der Waals surface area contributed by atoms with Crippen LogP contribution in [-0.2, 0) is 6.42 Å². The number of thiophene rings is 1. The average Bonchev–Trinajstić information content (AvgIpc) is 2.79. The van der Waals surface area contributed by atoms with Gasteiger partial charge in [0.05, 0.1) is 0 Å². The third-order valence-corrected chi connectivity index (χ3v) is 4.00. The number of rotatable bonds is 4. The fraction of sp³-hybridized carbons (Fsp3) is 0.231. The van der Waals surface area contributed by atoms with E-state index in [2.05, 4.69) is 22.1 Å². The molecule has 0 aliphatic heterocycles. The minimum Gasteiger partial charge on any atom is -0.313 e. The van der Waals surface area contributed by atoms with Gasteiger partial charge in [0.25, 0.3) is 0 Å². The SMILES string of the molecule is CNC(Cc1ccsc1)c1ccc(Cl)cc1Cl. The van der Waals surface area contributed by atoms with Crippen molar-refractivity contribution in [1.29, 1.82) is 0 Å². The maximum atomic E-state index is 6.22. The van der Waals surface area contributed by atoms with Crippen LogP contribution in [0.3, 0.4) is 0 Å². The van der Waals surface area contributed by atoms with Crippen molar-refractivity contribution in [2.24, 2.45) is 0 Å². The molecule has 1 aromatic carbocycles. The van der Waals surface area contributed by atoms with Gasteiger partial charge in [-0.15, -0.1) is 0 Å². The average molecular weight is 286 g/mol. The Kier molecular flexibility index (Phi) is 4.46. The van der Waals surface area contributed by atoms with Crippen LogP contribution in [0.4, 0.5) is 0 Å². The molecule has 0 spiro atoms. The maximum absolute atomic E-state index is 6.22. The molecule has 1 nitrogen and oxygen atoms in total. The summed E-state index contributed by atoms with van der Waals surface area (Å²) in [6.45, 7) is 0. The summed E-state index contributed by atoms with van der Waals surface area (Å²) in [7, 11) is 1.95. The fourth-order valence-corrected chi connectivity index (χ4v) is 3.02. The monoisotopic (exact) mass is 285 g/mol. The summed E-state index contributed by atoms with van der Waals surface area (Å²) in [5.74, 6) is 0. The Morgan fingerprint density at radius 2 is 2.12 bits per heavy atom. The summed E-state index contributed by atoms with van der Waals surface area (Å²) >= 11 is 13.8. The van der Waals surface area contributed by atoms with Gasteiger partial charge < -0.3 is 5.32 Å². The Morgan fingerprint density at radius 3 is 2.71 bits per heavy atom. The minimum absolute atomic E-state index is 0.217. The van der Waals surface area contributed by atoms with E-state index in [9.17, 15) is 0 Å². The van der Waals surface area contributed by atoms with Crippen molar-refractivity contribution in [2.45, 2.75) is 12.5 Å². The van der Waals surface area contributed by atoms with Crippen molar-refractivity contribution in [3.05, 3.63) is 56.2 Å². The van der Waals surface area contributed by atoms with Crippen molar-refractivity contribution < 1.29 is 0 Å². The summed E-state index contributed by atoms with van der Waals surface area (Å²) in [6.07, 6.45) is 0.932. The summed E-state index contributed by atoms with van der Waals surface area (Å²) in [6, 6.07) is 8.00. The fourth-order valence-electron chi connectivity index (χ4n) is 1.80. The van der Waals surface area contributed by atoms with Crippen molar-refractivity contribution in [1.82, 2.24) is 5.32 Å². The smallest absolute Gasteiger partial charge is 0.0468 e. The van der Waals surface area contributed by atoms with E-state index in [4.69, 9.17) is 23.2 Å². The predicted octanol–water partition coefficient (Wildman–Crippen LogP) is 4.56. The minimum atomic E-state index is 0.217. The molecule has 0 aliphatic carbocycles. The van der Waals surface area contributed by atoms with E-state index in [0.29, 0.717) is 10.0 Å². The van der Waals surface area contributed by atoms with Crippen molar-refractivity contribution in [2.75, 3.05) is 7.05 Å². The molecular weight excluding hydrogens is 273 g/mol. The van der Waals surface area contributed by atoms with Gasteiger partial charge >= 0.3 is 0 Å². The van der Waals surface area contributed by atoms with E-state index in [1.54, 1.807) is 17.4 Å². The number of likely N-dealkylation sites (N-methyl/N-ethyl adjacent to an activating group) is 1. The number of halogens is 2. The van der Waals surface area contributed by atoms with Gasteiger partial charge in [0.2, 0.25) is 0 Å². The van der Waals surface area contributed by atoms with Gasteiger partial charge in [0.15, 0.2) is 0 Å². The lowest BCUT2D eigenvalue weighted by Crippen LogP contribution is -2.18. The Hall–Kier alpha value is -0.540. The first kappa shape index (κ1) is 12.9. The van der Waals surface area contributed by atoms with Gasteiger partial charge in [-0.05, 0) is 53.6 Å². The van der Waals surface area contributed by atoms with Crippen LogP contribution in [0.25, 0.3) is 0 Å². The van der Waals surface area contributed by atoms with Crippen LogP contribution < -0.4 is 5.32 Å². The number of benzene rings is 1. The molecule has 0 aliphatic rings. The van der Waals surface area contributed by atoms with Gasteiger partial charge in [-0.1, -0.05) is 29.3 Å². The van der Waals surface area contributed by atoms with Gasteiger partial charge in [-0.2, -0.15) is 11.3 Å². The van der Waals surface area contributed by atoms with Gasteiger partial charge in [0.1, 0.15) is 0 Å². The van der Waals surface area contributed by atoms with E-state index < -0.39 is 0 Å². The molecule has 1 atom stereocenters. The van der Waals surface area contributed by atoms with E-state index >= 15 is 0 Å². The van der Waals surface area contributed by atoms with Gasteiger partial charge in [0, 0.05) is 16.1 Å². The number of nitrogens with one attached hydrogen (secondary N) is 1. The molecule has 2 rings (SSSR count). The highest BCUT2D eigenvalue weighted by Crippen LogP contribution is 2.28. The van der Waals surface area contributed by atoms with Crippen LogP contribution in [0.5, 0.6) is 0 Å². The number of hydrogen-bond acceptors (Lipinski definition) is 2. The Bertz CT molecular complexity index is 482. The first-order chi connectivity index (χ1) is 8.20. The number of hydrogen-bond donors (Lipinski definition) is 1. The normalized spacial score (nSPS) is 12.6. The van der Waals surface area contributed by atoms with E-state index in [1.165, 1.54) is 5.56 Å². The van der Waals surface area contributed by atoms with Crippen molar-refractivity contribution >= 4 is 34.5 Å². The van der Waals surface area contributed by atoms with Crippen LogP contribution in [0.1, 0.15) is 17.2 Å². The zero-order valence-corrected chi connectivity index (χ0v) is 11.7. The van der Waals surface area contributed by atoms with E-state index in [1.807, 2.05) is 19.2 Å². The lowest BCUT2D eigenvalue weighted by atomic mass is 10.0. The summed E-state index contributed by atoms with van der Waals surface area (Å²) in [4.78, 5) is 0. The molecule has 0 radical (unpaired) electrons. The quantitative estimate of drug-likeness (QED) is 0.869. The van der Waals surface area contributed by atoms with Crippen molar-refractivity contribution in [3.63, 3.8) is 0 Å². The molecule has 1 N–H and O–H groups in total. The molecule has 0 fully saturated rings. The standard InChI is InChI=1S/C13H13Cl2NS/c1-16-13(6-9-4-5-17-8-9)11-3-2-10(14)7-12(11)15/h2-5,7-8,13,16H,6H2,1H3. The third kappa shape index (κ3) is 3.23. The molecule has 1 heterocycles. The highest BCUT2D eigenvalue weighted by Gasteiger charge is 2.13. The van der Waals surface area contributed by atoms with Crippen LogP contribution in [0, 0.1) is 0 Å². The first-order valence-electron chi connectivity index (χ1n) is 5.34. The lowest BCUT2D eigenvalue weighted by Gasteiger charge is -2.17. The summed E-state index contributed by atoms with van der Waals surface area (Å²) < 4.78 is 0. The molecule has 17 heavy (non-hydrogen) atoms. The second-order valence-electron chi connectivity index (χ2n) is 3.84. The second-order valence-corrected chi connectivity index (χ2v) is 5.47. The molecule has 90 valence electrons. The van der Waals surface area contributed by atoms with E-state index in [-0.39, 0.29) is 6.04 Å². The summed E-state index contributed by atoms with van der Waals surface area (Å²) in [5.41, 5.74) is 2.41. The van der Waals surface area contributed by atoms with Crippen LogP contribution in [0.2, 0.25) is 10.0 Å². The topological polar surface area (TPSA) is 12.0 Å². The molecule has 1 unspecified atom stereocenters. The van der Waals surface area contributed by atoms with Crippen LogP contribution >= 0.6 is 34.5 Å². The van der Waals surface area contributed by atoms with Crippen LogP contribution in [0.15, 0.2) is 35.0 Å². The molecule has 0 saturated heterocycles. The molecule has 0 amide bonds. The molecule has 0 saturated carbocycles. The molecule has 2 aromatic rings. The summed E-state index contributed by atoms with van der Waals surface area (Å²) in [5, 5.41) is 8.93. The van der Waals surface area contributed by atoms with E-state index in [0.717, 1.165) is 12.0 Å². The highest BCUT2D eigenvalue weighted by atomic mass is 35.5. The largest absolute Gasteiger partial charge is 0.313 e. The van der Waals surface area contributed by atoms with Crippen LogP contribution in [-0.4, -0.2) is 7.05 Å². The van der Waals surface area contributed by atoms with Gasteiger partial charge in [-0.25, -0.2) is 0 Å². The van der Waals surface area contributed by atoms with Gasteiger partial charge in [-0.3, -0.25) is 0 Å². The predicted molar refractivity (Wildman–Crippen MR) is 76.3 cm³/mol. The Balaban J connectivity index is 2.23. The molecule has 1 aromatic heterocycles. The second kappa shape index (κ2) is 5.87. The van der Waals surface area contributed by atoms with Crippen molar-refractivity contribution in [3.8, 4) is 0 Å². The Labute approximate surface area is 115 Å². The molecular formula is C13H13Cl2NS. The zero-order valence-electron chi connectivity index (χ0n) is 9.41. The molecule has 0 bridgehead atoms. The maximum Gasteiger partial charge on any atom is 0.0468 e.